The maximum Gasteiger partial charge on any atom is 0.411 e. The van der Waals surface area contributed by atoms with Gasteiger partial charge in [0.05, 0.1) is 6.61 Å². The molecule has 5 nitrogen and oxygen atoms in total. The van der Waals surface area contributed by atoms with Gasteiger partial charge in [0.15, 0.2) is 0 Å². The number of hydrogen-bond acceptors (Lipinski definition) is 3. The van der Waals surface area contributed by atoms with Crippen LogP contribution in [-0.2, 0) is 11.2 Å². The molecule has 2 amide bonds. The zero-order valence-electron chi connectivity index (χ0n) is 17.2. The highest BCUT2D eigenvalue weighted by molar-refractivity contribution is 5.94. The molecule has 0 radical (unpaired) electrons. The lowest BCUT2D eigenvalue weighted by Gasteiger charge is -2.18. The van der Waals surface area contributed by atoms with E-state index in [-0.39, 0.29) is 5.91 Å². The Morgan fingerprint density at radius 3 is 2.29 bits per heavy atom. The van der Waals surface area contributed by atoms with E-state index in [1.807, 2.05) is 81.1 Å². The van der Waals surface area contributed by atoms with Crippen molar-refractivity contribution in [3.05, 3.63) is 65.2 Å². The minimum Gasteiger partial charge on any atom is -0.449 e. The quantitative estimate of drug-likeness (QED) is 0.702. The van der Waals surface area contributed by atoms with Crippen molar-refractivity contribution in [2.45, 2.75) is 34.1 Å². The van der Waals surface area contributed by atoms with Crippen LogP contribution >= 0.6 is 0 Å². The number of benzene rings is 2. The van der Waals surface area contributed by atoms with Gasteiger partial charge in [0.1, 0.15) is 0 Å². The summed E-state index contributed by atoms with van der Waals surface area (Å²) in [5.41, 5.74) is 3.59. The summed E-state index contributed by atoms with van der Waals surface area (Å²) in [6, 6.07) is 15.4. The first-order valence-corrected chi connectivity index (χ1v) is 9.83. The fourth-order valence-electron chi connectivity index (χ4n) is 2.85. The summed E-state index contributed by atoms with van der Waals surface area (Å²) in [7, 11) is 0. The SMILES string of the molecule is CCN(CC)C(=O)c1ccc(Cc2cccc(NC(=O)OCC(C)C)c2)cc1. The third kappa shape index (κ3) is 6.41. The van der Waals surface area contributed by atoms with Crippen LogP contribution in [0.5, 0.6) is 0 Å². The van der Waals surface area contributed by atoms with E-state index in [1.165, 1.54) is 0 Å². The summed E-state index contributed by atoms with van der Waals surface area (Å²) in [5, 5.41) is 2.76. The van der Waals surface area contributed by atoms with Crippen LogP contribution in [0, 0.1) is 5.92 Å². The second-order valence-electron chi connectivity index (χ2n) is 7.17. The van der Waals surface area contributed by atoms with Gasteiger partial charge in [-0.1, -0.05) is 38.1 Å². The molecule has 0 aromatic heterocycles. The van der Waals surface area contributed by atoms with Crippen molar-refractivity contribution in [3.63, 3.8) is 0 Å². The zero-order valence-corrected chi connectivity index (χ0v) is 17.2. The molecule has 2 aromatic carbocycles. The Morgan fingerprint density at radius 1 is 1.00 bits per heavy atom. The molecule has 0 heterocycles. The lowest BCUT2D eigenvalue weighted by atomic mass is 10.0. The second kappa shape index (κ2) is 10.5. The highest BCUT2D eigenvalue weighted by Gasteiger charge is 2.12. The Hall–Kier alpha value is -2.82. The maximum atomic E-state index is 12.4. The van der Waals surface area contributed by atoms with Gasteiger partial charge >= 0.3 is 6.09 Å². The fourth-order valence-corrected chi connectivity index (χ4v) is 2.85. The standard InChI is InChI=1S/C23H30N2O3/c1-5-25(6-2)22(26)20-12-10-18(11-13-20)14-19-8-7-9-21(15-19)24-23(27)28-16-17(3)4/h7-13,15,17H,5-6,14,16H2,1-4H3,(H,24,27). The van der Waals surface area contributed by atoms with Crippen molar-refractivity contribution < 1.29 is 14.3 Å². The monoisotopic (exact) mass is 382 g/mol. The predicted molar refractivity (Wildman–Crippen MR) is 113 cm³/mol. The summed E-state index contributed by atoms with van der Waals surface area (Å²) < 4.78 is 5.15. The van der Waals surface area contributed by atoms with E-state index in [1.54, 1.807) is 0 Å². The molecule has 2 rings (SSSR count). The zero-order chi connectivity index (χ0) is 20.5. The first-order chi connectivity index (χ1) is 13.4. The summed E-state index contributed by atoms with van der Waals surface area (Å²) in [6.45, 7) is 9.76. The molecule has 5 heteroatoms. The molecule has 0 aliphatic heterocycles. The number of hydrogen-bond donors (Lipinski definition) is 1. The molecule has 0 atom stereocenters. The van der Waals surface area contributed by atoms with Gasteiger partial charge in [-0.05, 0) is 61.6 Å². The number of anilines is 1. The number of nitrogens with zero attached hydrogens (tertiary/aromatic N) is 1. The third-order valence-electron chi connectivity index (χ3n) is 4.38. The lowest BCUT2D eigenvalue weighted by molar-refractivity contribution is 0.0773. The Bertz CT molecular complexity index is 781. The summed E-state index contributed by atoms with van der Waals surface area (Å²) in [5.74, 6) is 0.358. The molecule has 0 unspecified atom stereocenters. The van der Waals surface area contributed by atoms with Crippen LogP contribution in [0.25, 0.3) is 0 Å². The molecule has 0 aliphatic carbocycles. The van der Waals surface area contributed by atoms with Crippen LogP contribution < -0.4 is 5.32 Å². The average molecular weight is 383 g/mol. The molecule has 0 fully saturated rings. The number of carbonyl (C=O) groups excluding carboxylic acids is 2. The average Bonchev–Trinajstić information content (AvgIpc) is 2.68. The van der Waals surface area contributed by atoms with Gasteiger partial charge < -0.3 is 9.64 Å². The van der Waals surface area contributed by atoms with E-state index in [0.29, 0.717) is 36.9 Å². The van der Waals surface area contributed by atoms with E-state index in [4.69, 9.17) is 4.74 Å². The van der Waals surface area contributed by atoms with E-state index in [9.17, 15) is 9.59 Å². The minimum absolute atomic E-state index is 0.0580. The highest BCUT2D eigenvalue weighted by Crippen LogP contribution is 2.16. The molecular formula is C23H30N2O3. The van der Waals surface area contributed by atoms with Crippen LogP contribution in [0.4, 0.5) is 10.5 Å². The first-order valence-electron chi connectivity index (χ1n) is 9.83. The second-order valence-corrected chi connectivity index (χ2v) is 7.17. The minimum atomic E-state index is -0.440. The molecule has 0 aliphatic rings. The molecule has 2 aromatic rings. The molecule has 1 N–H and O–H groups in total. The first kappa shape index (κ1) is 21.5. The topological polar surface area (TPSA) is 58.6 Å². The predicted octanol–water partition coefficient (Wildman–Crippen LogP) is 4.96. The van der Waals surface area contributed by atoms with Gasteiger partial charge in [-0.25, -0.2) is 4.79 Å². The van der Waals surface area contributed by atoms with Crippen LogP contribution in [0.3, 0.4) is 0 Å². The molecule has 0 saturated heterocycles. The van der Waals surface area contributed by atoms with Gasteiger partial charge in [0, 0.05) is 24.3 Å². The van der Waals surface area contributed by atoms with Crippen molar-refractivity contribution in [3.8, 4) is 0 Å². The Morgan fingerprint density at radius 2 is 1.68 bits per heavy atom. The maximum absolute atomic E-state index is 12.4. The van der Waals surface area contributed by atoms with E-state index in [2.05, 4.69) is 5.32 Å². The van der Waals surface area contributed by atoms with Crippen LogP contribution in [-0.4, -0.2) is 36.6 Å². The Labute approximate surface area is 167 Å². The van der Waals surface area contributed by atoms with Crippen molar-refractivity contribution >= 4 is 17.7 Å². The van der Waals surface area contributed by atoms with Crippen molar-refractivity contribution in [2.75, 3.05) is 25.0 Å². The molecular weight excluding hydrogens is 352 g/mol. The van der Waals surface area contributed by atoms with Gasteiger partial charge in [0.2, 0.25) is 0 Å². The number of carbonyl (C=O) groups is 2. The van der Waals surface area contributed by atoms with Gasteiger partial charge in [-0.3, -0.25) is 10.1 Å². The molecule has 0 saturated carbocycles. The molecule has 150 valence electrons. The number of amides is 2. The lowest BCUT2D eigenvalue weighted by Crippen LogP contribution is -2.30. The van der Waals surface area contributed by atoms with E-state index >= 15 is 0 Å². The largest absolute Gasteiger partial charge is 0.449 e. The van der Waals surface area contributed by atoms with E-state index < -0.39 is 6.09 Å². The van der Waals surface area contributed by atoms with Crippen LogP contribution in [0.1, 0.15) is 49.2 Å². The van der Waals surface area contributed by atoms with Gasteiger partial charge in [-0.15, -0.1) is 0 Å². The van der Waals surface area contributed by atoms with Crippen molar-refractivity contribution in [2.24, 2.45) is 5.92 Å². The van der Waals surface area contributed by atoms with Gasteiger partial charge in [0.25, 0.3) is 5.91 Å². The number of ether oxygens (including phenoxy) is 1. The van der Waals surface area contributed by atoms with Crippen molar-refractivity contribution in [1.82, 2.24) is 4.90 Å². The number of rotatable bonds is 8. The van der Waals surface area contributed by atoms with Gasteiger partial charge in [-0.2, -0.15) is 0 Å². The molecule has 0 spiro atoms. The molecule has 0 bridgehead atoms. The fraction of sp³-hybridized carbons (Fsp3) is 0.391. The van der Waals surface area contributed by atoms with Crippen molar-refractivity contribution in [1.29, 1.82) is 0 Å². The summed E-state index contributed by atoms with van der Waals surface area (Å²) in [4.78, 5) is 26.0. The van der Waals surface area contributed by atoms with Crippen LogP contribution in [0.15, 0.2) is 48.5 Å². The smallest absolute Gasteiger partial charge is 0.411 e. The summed E-state index contributed by atoms with van der Waals surface area (Å²) >= 11 is 0. The number of nitrogens with one attached hydrogen (secondary N) is 1. The highest BCUT2D eigenvalue weighted by atomic mass is 16.5. The normalized spacial score (nSPS) is 10.6. The van der Waals surface area contributed by atoms with E-state index in [0.717, 1.165) is 17.5 Å². The Kier molecular flexibility index (Phi) is 8.05. The Balaban J connectivity index is 2.00. The molecule has 28 heavy (non-hydrogen) atoms. The summed E-state index contributed by atoms with van der Waals surface area (Å²) in [6.07, 6.45) is 0.279. The van der Waals surface area contributed by atoms with Crippen LogP contribution in [0.2, 0.25) is 0 Å². The third-order valence-corrected chi connectivity index (χ3v) is 4.38.